The number of aromatic nitrogens is 2. The molecule has 0 aliphatic carbocycles. The Morgan fingerprint density at radius 1 is 1.55 bits per heavy atom. The van der Waals surface area contributed by atoms with E-state index in [-0.39, 0.29) is 0 Å². The number of halogens is 1. The summed E-state index contributed by atoms with van der Waals surface area (Å²) in [6.07, 6.45) is 2.33. The van der Waals surface area contributed by atoms with Gasteiger partial charge >= 0.3 is 5.97 Å². The van der Waals surface area contributed by atoms with Crippen molar-refractivity contribution in [3.05, 3.63) is 16.4 Å². The van der Waals surface area contributed by atoms with Gasteiger partial charge in [-0.3, -0.25) is 14.4 Å². The summed E-state index contributed by atoms with van der Waals surface area (Å²) in [7, 11) is 1.88. The highest BCUT2D eigenvalue weighted by molar-refractivity contribution is 6.31. The van der Waals surface area contributed by atoms with E-state index in [2.05, 4.69) is 10.00 Å². The molecule has 1 unspecified atom stereocenters. The van der Waals surface area contributed by atoms with Gasteiger partial charge in [0.25, 0.3) is 0 Å². The zero-order chi connectivity index (χ0) is 14.9. The van der Waals surface area contributed by atoms with Crippen molar-refractivity contribution >= 4 is 17.6 Å². The molecule has 0 aromatic carbocycles. The van der Waals surface area contributed by atoms with Gasteiger partial charge in [0.1, 0.15) is 0 Å². The van der Waals surface area contributed by atoms with Crippen LogP contribution >= 0.6 is 11.6 Å². The van der Waals surface area contributed by atoms with Crippen LogP contribution in [-0.2, 0) is 18.4 Å². The molecule has 1 saturated heterocycles. The average molecular weight is 300 g/mol. The summed E-state index contributed by atoms with van der Waals surface area (Å²) in [5.41, 5.74) is 1.17. The number of carbonyl (C=O) groups is 1. The third-order valence-electron chi connectivity index (χ3n) is 4.42. The Balaban J connectivity index is 2.16. The predicted octanol–water partition coefficient (Wildman–Crippen LogP) is 2.46. The number of aryl methyl sites for hydroxylation is 2. The van der Waals surface area contributed by atoms with Crippen LogP contribution in [0.25, 0.3) is 0 Å². The number of hydrogen-bond donors (Lipinski definition) is 1. The molecule has 112 valence electrons. The van der Waals surface area contributed by atoms with Crippen molar-refractivity contribution in [2.45, 2.75) is 39.7 Å². The van der Waals surface area contributed by atoms with Crippen LogP contribution in [-0.4, -0.2) is 38.8 Å². The summed E-state index contributed by atoms with van der Waals surface area (Å²) in [5, 5.41) is 14.5. The van der Waals surface area contributed by atoms with Gasteiger partial charge in [0.2, 0.25) is 0 Å². The maximum atomic E-state index is 11.6. The number of piperidine rings is 1. The van der Waals surface area contributed by atoms with Crippen LogP contribution < -0.4 is 0 Å². The Bertz CT molecular complexity index is 515. The van der Waals surface area contributed by atoms with E-state index in [1.54, 1.807) is 4.68 Å². The molecule has 1 aromatic heterocycles. The Labute approximate surface area is 124 Å². The second-order valence-electron chi connectivity index (χ2n) is 5.72. The lowest BCUT2D eigenvalue weighted by atomic mass is 9.77. The Kier molecular flexibility index (Phi) is 4.39. The molecule has 1 aliphatic heterocycles. The van der Waals surface area contributed by atoms with E-state index >= 15 is 0 Å². The summed E-state index contributed by atoms with van der Waals surface area (Å²) >= 11 is 6.27. The molecule has 1 atom stereocenters. The van der Waals surface area contributed by atoms with E-state index in [9.17, 15) is 9.90 Å². The number of nitrogens with zero attached hydrogens (tertiary/aromatic N) is 3. The number of likely N-dealkylation sites (tertiary alicyclic amines) is 1. The molecule has 1 aromatic rings. The van der Waals surface area contributed by atoms with Crippen LogP contribution in [0.2, 0.25) is 5.02 Å². The van der Waals surface area contributed by atoms with E-state index in [0.717, 1.165) is 30.8 Å². The van der Waals surface area contributed by atoms with Crippen molar-refractivity contribution in [1.29, 1.82) is 0 Å². The van der Waals surface area contributed by atoms with Crippen LogP contribution in [0.3, 0.4) is 0 Å². The molecule has 2 heterocycles. The second-order valence-corrected chi connectivity index (χ2v) is 6.10. The first-order valence-corrected chi connectivity index (χ1v) is 7.41. The minimum absolute atomic E-state index is 0.583. The molecule has 0 bridgehead atoms. The van der Waals surface area contributed by atoms with Crippen LogP contribution in [0.4, 0.5) is 0 Å². The molecule has 5 nitrogen and oxygen atoms in total. The largest absolute Gasteiger partial charge is 0.481 e. The van der Waals surface area contributed by atoms with E-state index in [0.29, 0.717) is 24.5 Å². The van der Waals surface area contributed by atoms with Gasteiger partial charge in [-0.1, -0.05) is 18.5 Å². The molecule has 6 heteroatoms. The first kappa shape index (κ1) is 15.3. The Hall–Kier alpha value is -1.07. The molecule has 1 N–H and O–H groups in total. The van der Waals surface area contributed by atoms with Crippen molar-refractivity contribution in [2.24, 2.45) is 12.5 Å². The minimum Gasteiger partial charge on any atom is -0.481 e. The summed E-state index contributed by atoms with van der Waals surface area (Å²) < 4.78 is 1.79. The number of carboxylic acids is 1. The third kappa shape index (κ3) is 2.69. The lowest BCUT2D eigenvalue weighted by Gasteiger charge is -2.39. The number of carboxylic acid groups (broad SMARTS) is 1. The Morgan fingerprint density at radius 3 is 2.75 bits per heavy atom. The topological polar surface area (TPSA) is 58.4 Å². The average Bonchev–Trinajstić information content (AvgIpc) is 2.65. The fraction of sp³-hybridized carbons (Fsp3) is 0.714. The van der Waals surface area contributed by atoms with Gasteiger partial charge < -0.3 is 5.11 Å². The van der Waals surface area contributed by atoms with Crippen molar-refractivity contribution < 1.29 is 9.90 Å². The zero-order valence-corrected chi connectivity index (χ0v) is 13.1. The molecule has 1 fully saturated rings. The highest BCUT2D eigenvalue weighted by Crippen LogP contribution is 2.34. The van der Waals surface area contributed by atoms with Crippen molar-refractivity contribution in [3.63, 3.8) is 0 Å². The fourth-order valence-corrected chi connectivity index (χ4v) is 3.26. The Morgan fingerprint density at radius 2 is 2.25 bits per heavy atom. The van der Waals surface area contributed by atoms with Crippen molar-refractivity contribution in [3.8, 4) is 0 Å². The lowest BCUT2D eigenvalue weighted by molar-refractivity contribution is -0.153. The molecule has 0 radical (unpaired) electrons. The smallest absolute Gasteiger partial charge is 0.310 e. The number of hydrogen-bond acceptors (Lipinski definition) is 3. The monoisotopic (exact) mass is 299 g/mol. The molecule has 20 heavy (non-hydrogen) atoms. The van der Waals surface area contributed by atoms with Gasteiger partial charge in [0.15, 0.2) is 0 Å². The van der Waals surface area contributed by atoms with Gasteiger partial charge in [-0.25, -0.2) is 0 Å². The van der Waals surface area contributed by atoms with E-state index in [1.165, 1.54) is 0 Å². The van der Waals surface area contributed by atoms with Gasteiger partial charge in [0, 0.05) is 20.1 Å². The van der Waals surface area contributed by atoms with Crippen LogP contribution in [0.15, 0.2) is 0 Å². The van der Waals surface area contributed by atoms with E-state index in [1.807, 2.05) is 20.9 Å². The van der Waals surface area contributed by atoms with E-state index < -0.39 is 11.4 Å². The van der Waals surface area contributed by atoms with Gasteiger partial charge in [-0.05, 0) is 32.7 Å². The SMILES string of the molecule is CCC1(C(=O)O)CCCN(Cc2c(Cl)c(C)nn2C)C1. The summed E-state index contributed by atoms with van der Waals surface area (Å²) in [6, 6.07) is 0. The third-order valence-corrected chi connectivity index (χ3v) is 4.91. The fourth-order valence-electron chi connectivity index (χ4n) is 3.04. The number of aliphatic carboxylic acids is 1. The summed E-state index contributed by atoms with van der Waals surface area (Å²) in [4.78, 5) is 13.8. The lowest BCUT2D eigenvalue weighted by Crippen LogP contribution is -2.47. The molecule has 1 aliphatic rings. The van der Waals surface area contributed by atoms with E-state index in [4.69, 9.17) is 11.6 Å². The summed E-state index contributed by atoms with van der Waals surface area (Å²) in [5.74, 6) is -0.683. The normalized spacial score (nSPS) is 24.0. The van der Waals surface area contributed by atoms with Crippen LogP contribution in [0, 0.1) is 12.3 Å². The highest BCUT2D eigenvalue weighted by Gasteiger charge is 2.40. The molecule has 0 saturated carbocycles. The number of rotatable bonds is 4. The van der Waals surface area contributed by atoms with Crippen molar-refractivity contribution in [2.75, 3.05) is 13.1 Å². The molecule has 0 spiro atoms. The van der Waals surface area contributed by atoms with Crippen LogP contribution in [0.5, 0.6) is 0 Å². The van der Waals surface area contributed by atoms with Gasteiger partial charge in [0.05, 0.1) is 21.8 Å². The molecular weight excluding hydrogens is 278 g/mol. The molecule has 2 rings (SSSR count). The quantitative estimate of drug-likeness (QED) is 0.928. The van der Waals surface area contributed by atoms with Crippen molar-refractivity contribution in [1.82, 2.24) is 14.7 Å². The zero-order valence-electron chi connectivity index (χ0n) is 12.3. The van der Waals surface area contributed by atoms with Gasteiger partial charge in [-0.15, -0.1) is 0 Å². The first-order chi connectivity index (χ1) is 9.39. The molecular formula is C14H22ClN3O2. The van der Waals surface area contributed by atoms with Gasteiger partial charge in [-0.2, -0.15) is 5.10 Å². The predicted molar refractivity (Wildman–Crippen MR) is 77.8 cm³/mol. The molecule has 0 amide bonds. The second kappa shape index (κ2) is 5.74. The minimum atomic E-state index is -0.683. The maximum Gasteiger partial charge on any atom is 0.310 e. The standard InChI is InChI=1S/C14H22ClN3O2/c1-4-14(13(19)20)6-5-7-18(9-14)8-11-12(15)10(2)16-17(11)3/h4-9H2,1-3H3,(H,19,20). The highest BCUT2D eigenvalue weighted by atomic mass is 35.5. The first-order valence-electron chi connectivity index (χ1n) is 7.03. The summed E-state index contributed by atoms with van der Waals surface area (Å²) in [6.45, 7) is 5.99. The maximum absolute atomic E-state index is 11.6. The van der Waals surface area contributed by atoms with Crippen LogP contribution in [0.1, 0.15) is 37.6 Å².